The number of para-hydroxylation sites is 2. The summed E-state index contributed by atoms with van der Waals surface area (Å²) in [7, 11) is -2.11. The summed E-state index contributed by atoms with van der Waals surface area (Å²) in [4.78, 5) is 4.79. The van der Waals surface area contributed by atoms with Gasteiger partial charge in [0.2, 0.25) is 0 Å². The fourth-order valence-corrected chi connectivity index (χ4v) is 22.8. The Morgan fingerprint density at radius 3 is 0.819 bits per heavy atom. The minimum atomic E-state index is -0.579. The Morgan fingerprint density at radius 1 is 0.208 bits per heavy atom. The van der Waals surface area contributed by atoms with Crippen molar-refractivity contribution >= 4 is 149 Å². The third kappa shape index (κ3) is 17.0. The second kappa shape index (κ2) is 35.8. The number of benzene rings is 16. The molecule has 18 heteroatoms. The van der Waals surface area contributed by atoms with Crippen molar-refractivity contribution in [3.63, 3.8) is 0 Å². The number of nitrogens with zero attached hydrogens (tertiary/aromatic N) is 4. The van der Waals surface area contributed by atoms with E-state index in [1.54, 1.807) is 0 Å². The summed E-state index contributed by atoms with van der Waals surface area (Å²) >= 11 is 7.45. The van der Waals surface area contributed by atoms with Crippen molar-refractivity contribution in [1.29, 1.82) is 0 Å². The molecule has 4 fully saturated rings. The van der Waals surface area contributed by atoms with Crippen LogP contribution in [-0.2, 0) is 48.1 Å². The van der Waals surface area contributed by atoms with Gasteiger partial charge < -0.3 is 56.2 Å². The van der Waals surface area contributed by atoms with E-state index in [0.29, 0.717) is 0 Å². The van der Waals surface area contributed by atoms with E-state index in [2.05, 4.69) is 498 Å². The van der Waals surface area contributed by atoms with Crippen LogP contribution < -0.4 is 20.7 Å². The fraction of sp³-hybridized carbons (Fsp3) is 0.238. The highest BCUT2D eigenvalue weighted by Crippen LogP contribution is 2.55. The van der Waals surface area contributed by atoms with Crippen molar-refractivity contribution in [3.8, 4) is 78.1 Å². The van der Waals surface area contributed by atoms with E-state index in [0.717, 1.165) is 87.5 Å². The van der Waals surface area contributed by atoms with Gasteiger partial charge in [0.1, 0.15) is 0 Å². The lowest BCUT2D eigenvalue weighted by Gasteiger charge is -2.32. The largest absolute Gasteiger partial charge is 0.494 e. The van der Waals surface area contributed by atoms with Gasteiger partial charge in [0.25, 0.3) is 0 Å². The highest BCUT2D eigenvalue weighted by molar-refractivity contribution is 9.11. The van der Waals surface area contributed by atoms with Gasteiger partial charge >= 0.3 is 28.3 Å². The maximum Gasteiger partial charge on any atom is 0.494 e. The van der Waals surface area contributed by atoms with Gasteiger partial charge in [-0.1, -0.05) is 296 Å². The van der Waals surface area contributed by atoms with E-state index in [1.807, 2.05) is 55.4 Å². The summed E-state index contributed by atoms with van der Waals surface area (Å²) < 4.78 is 57.5. The van der Waals surface area contributed by atoms with E-state index in [9.17, 15) is 0 Å². The topological polar surface area (TPSA) is 90.2 Å². The standard InChI is InChI=1S/C63H60B2N2O4.C51H36Br2N2.C12H24B2O4/c1-59(2)55-22-16-14-20-51(55)52-35-33-49(40-56(52)59)66(47-29-24-42(25-30-47)41-18-12-11-13-19-41)48-31-26-43(27-32-48)44-28-34-54-53-21-15-17-23-57(53)67(58(54)36-44)50-38-45(64-68-60(3,4)61(5,6)69-64)37-46(39-50)65-70-62(7,8)63(9,10)71-65;1-51(2)47-14-8-6-12-43(47)44-27-25-41(32-48(44)51)54(39-21-16-34(17-22-39)33-10-4-3-5-11-33)40-23-18-35(19-24-40)36-20-26-46-45-13-7-9-15-49(45)55(50(46)28-36)42-30-37(52)29-38(53)31-42;1-9(2)10(3,4)16-13(15-9)14-17-11(5,6)12(7,8)18-14/h11-40H,1-10H3;3-32H,1-2H3;1-8H3. The summed E-state index contributed by atoms with van der Waals surface area (Å²) in [5.74, 6) is 0. The van der Waals surface area contributed by atoms with Crippen LogP contribution in [0.2, 0.25) is 0 Å². The van der Waals surface area contributed by atoms with E-state index < -0.39 is 50.7 Å². The van der Waals surface area contributed by atoms with Crippen LogP contribution in [0.25, 0.3) is 122 Å². The molecular formula is C126H120B4Br2N4O8. The van der Waals surface area contributed by atoms with E-state index in [-0.39, 0.29) is 33.2 Å². The minimum Gasteiger partial charge on any atom is -0.405 e. The van der Waals surface area contributed by atoms with Crippen LogP contribution in [0.3, 0.4) is 0 Å². The lowest BCUT2D eigenvalue weighted by molar-refractivity contribution is 0.00578. The third-order valence-corrected chi connectivity index (χ3v) is 33.4. The predicted molar refractivity (Wildman–Crippen MR) is 607 cm³/mol. The molecule has 4 aliphatic heterocycles. The second-order valence-corrected chi connectivity index (χ2v) is 46.3. The minimum absolute atomic E-state index is 0.0956. The van der Waals surface area contributed by atoms with Crippen molar-refractivity contribution < 1.29 is 37.2 Å². The second-order valence-electron chi connectivity index (χ2n) is 44.5. The zero-order chi connectivity index (χ0) is 100. The van der Waals surface area contributed by atoms with Crippen molar-refractivity contribution in [2.75, 3.05) is 9.80 Å². The first-order chi connectivity index (χ1) is 68.6. The number of hydrogen-bond donors (Lipinski definition) is 0. The zero-order valence-electron chi connectivity index (χ0n) is 85.8. The average molecular weight is 2020 g/mol. The Morgan fingerprint density at radius 2 is 0.472 bits per heavy atom. The molecule has 0 amide bonds. The van der Waals surface area contributed by atoms with E-state index in [4.69, 9.17) is 37.2 Å². The van der Waals surface area contributed by atoms with E-state index in [1.165, 1.54) is 110 Å². The van der Waals surface area contributed by atoms with Gasteiger partial charge in [-0.25, -0.2) is 0 Å². The van der Waals surface area contributed by atoms with Gasteiger partial charge in [-0.05, 0) is 338 Å². The smallest absolute Gasteiger partial charge is 0.405 e. The highest BCUT2D eigenvalue weighted by atomic mass is 79.9. The summed E-state index contributed by atoms with van der Waals surface area (Å²) in [5.41, 5.74) is 31.6. The van der Waals surface area contributed by atoms with Crippen LogP contribution >= 0.6 is 31.9 Å². The Hall–Kier alpha value is -12.4. The summed E-state index contributed by atoms with van der Waals surface area (Å²) in [6.07, 6.45) is 0. The number of rotatable bonds is 15. The Labute approximate surface area is 865 Å². The molecule has 144 heavy (non-hydrogen) atoms. The molecule has 4 saturated heterocycles. The molecular weight excluding hydrogens is 1900 g/mol. The molecule has 0 saturated carbocycles. The highest BCUT2D eigenvalue weighted by Gasteiger charge is 2.64. The Bertz CT molecular complexity index is 7860. The van der Waals surface area contributed by atoms with Crippen molar-refractivity contribution in [3.05, 3.63) is 395 Å². The summed E-state index contributed by atoms with van der Waals surface area (Å²) in [5, 5.41) is 4.83. The number of hydrogen-bond acceptors (Lipinski definition) is 10. The van der Waals surface area contributed by atoms with Gasteiger partial charge in [-0.15, -0.1) is 0 Å². The molecule has 2 aromatic heterocycles. The Kier molecular flexibility index (Phi) is 24.0. The molecule has 16 aromatic carbocycles. The van der Waals surface area contributed by atoms with Crippen LogP contribution in [0.4, 0.5) is 34.1 Å². The lowest BCUT2D eigenvalue weighted by Crippen LogP contribution is -2.41. The first kappa shape index (κ1) is 96.4. The normalized spacial score (nSPS) is 17.8. The van der Waals surface area contributed by atoms with Crippen LogP contribution in [0.5, 0.6) is 0 Å². The maximum atomic E-state index is 6.71. The molecule has 0 bridgehead atoms. The molecule has 6 aliphatic rings. The van der Waals surface area contributed by atoms with Gasteiger partial charge in [0, 0.05) is 86.8 Å². The van der Waals surface area contributed by atoms with Gasteiger partial charge in [-0.3, -0.25) is 0 Å². The molecule has 0 N–H and O–H groups in total. The molecule has 718 valence electrons. The third-order valence-electron chi connectivity index (χ3n) is 32.5. The Balaban J connectivity index is 0.000000143. The number of aromatic nitrogens is 2. The molecule has 24 rings (SSSR count). The van der Waals surface area contributed by atoms with Crippen LogP contribution in [0.15, 0.2) is 373 Å². The van der Waals surface area contributed by atoms with Crippen LogP contribution in [0.1, 0.15) is 161 Å². The monoisotopic (exact) mass is 2020 g/mol. The van der Waals surface area contributed by atoms with E-state index >= 15 is 0 Å². The van der Waals surface area contributed by atoms with Crippen molar-refractivity contribution in [2.24, 2.45) is 0 Å². The number of halogens is 2. The van der Waals surface area contributed by atoms with Crippen LogP contribution in [-0.4, -0.2) is 82.2 Å². The van der Waals surface area contributed by atoms with Gasteiger partial charge in [-0.2, -0.15) is 0 Å². The summed E-state index contributed by atoms with van der Waals surface area (Å²) in [6, 6.07) is 133. The van der Waals surface area contributed by atoms with Gasteiger partial charge in [0.15, 0.2) is 0 Å². The number of fused-ring (bicyclic) bond motifs is 12. The molecule has 12 nitrogen and oxygen atoms in total. The first-order valence-corrected chi connectivity index (χ1v) is 51.9. The molecule has 2 aliphatic carbocycles. The molecule has 0 radical (unpaired) electrons. The lowest BCUT2D eigenvalue weighted by atomic mass is 9.49. The summed E-state index contributed by atoms with van der Waals surface area (Å²) in [6.45, 7) is 42.4. The molecule has 0 spiro atoms. The van der Waals surface area contributed by atoms with Crippen molar-refractivity contribution in [2.45, 2.75) is 194 Å². The quantitative estimate of drug-likeness (QED) is 0.0925. The SMILES string of the molecule is CC1(C)OB(B2OC(C)(C)C(C)(C)O2)OC1(C)C.CC1(C)c2ccccc2-c2ccc(N(c3ccc(-c4ccccc4)cc3)c3ccc(-c4ccc5c6ccccc6n(-c6cc(B7OC(C)(C)C(C)(C)O7)cc(B7OC(C)(C)C(C)(C)O7)c6)c5c4)cc3)cc21.CC1(C)c2ccccc2-c2ccc(N(c3ccc(-c4ccccc4)cc3)c3ccc(-c4ccc5c6ccccc6n(-c6cc(Br)cc(Br)c6)c5c4)cc3)cc21. The zero-order valence-corrected chi connectivity index (χ0v) is 88.9. The molecule has 18 aromatic rings. The first-order valence-electron chi connectivity index (χ1n) is 50.3. The van der Waals surface area contributed by atoms with Crippen molar-refractivity contribution in [1.82, 2.24) is 9.13 Å². The van der Waals surface area contributed by atoms with Crippen LogP contribution in [0, 0.1) is 0 Å². The predicted octanol–water partition coefficient (Wildman–Crippen LogP) is 32.2. The van der Waals surface area contributed by atoms with Gasteiger partial charge in [0.05, 0.1) is 66.9 Å². The average Bonchev–Trinajstić information content (AvgIpc) is 1.59. The molecule has 0 atom stereocenters. The molecule has 0 unspecified atom stereocenters. The maximum absolute atomic E-state index is 6.71. The number of anilines is 6. The fourth-order valence-electron chi connectivity index (χ4n) is 21.6. The molecule has 6 heterocycles.